The first-order valence-corrected chi connectivity index (χ1v) is 21.3. The van der Waals surface area contributed by atoms with Gasteiger partial charge < -0.3 is 9.47 Å². The predicted molar refractivity (Wildman–Crippen MR) is 264 cm³/mol. The largest absolute Gasteiger partial charge is 0.311 e. The molecule has 0 saturated carbocycles. The molecule has 9 aromatic carbocycles. The standard InChI is InChI=1S/C59H39N5/c1-60-48-31-35-50(36-32-48)63(49-17-9-4-10-18-49)52-37-38-58-54(39-52)53-19-11-12-20-57(53)64(58)51-33-29-44(30-34-51)42-23-21-41(22-24-42)43-25-27-46(28-26-43)56-40-55(45-13-5-2-6-14-45)61-59(62-56)47-15-7-3-8-16-47/h2-40H. The molecule has 300 valence electrons. The van der Waals surface area contributed by atoms with Gasteiger partial charge in [-0.3, -0.25) is 0 Å². The minimum Gasteiger partial charge on any atom is -0.311 e. The summed E-state index contributed by atoms with van der Waals surface area (Å²) in [5, 5.41) is 2.36. The average Bonchev–Trinajstić information content (AvgIpc) is 3.71. The van der Waals surface area contributed by atoms with E-state index in [9.17, 15) is 0 Å². The molecule has 0 aliphatic carbocycles. The van der Waals surface area contributed by atoms with Gasteiger partial charge in [-0.1, -0.05) is 170 Å². The van der Waals surface area contributed by atoms with E-state index >= 15 is 0 Å². The van der Waals surface area contributed by atoms with Crippen LogP contribution < -0.4 is 4.90 Å². The highest BCUT2D eigenvalue weighted by molar-refractivity contribution is 6.10. The first kappa shape index (κ1) is 38.1. The quantitative estimate of drug-likeness (QED) is 0.136. The lowest BCUT2D eigenvalue weighted by atomic mass is 9.98. The fourth-order valence-electron chi connectivity index (χ4n) is 8.64. The van der Waals surface area contributed by atoms with Crippen molar-refractivity contribution in [3.8, 4) is 61.8 Å². The molecule has 64 heavy (non-hydrogen) atoms. The third-order valence-electron chi connectivity index (χ3n) is 11.9. The van der Waals surface area contributed by atoms with E-state index in [4.69, 9.17) is 16.5 Å². The molecule has 0 aliphatic rings. The lowest BCUT2D eigenvalue weighted by Gasteiger charge is -2.25. The smallest absolute Gasteiger partial charge is 0.187 e. The van der Waals surface area contributed by atoms with Gasteiger partial charge in [0.15, 0.2) is 11.5 Å². The Hall–Kier alpha value is -8.85. The molecule has 5 heteroatoms. The lowest BCUT2D eigenvalue weighted by Crippen LogP contribution is -2.09. The van der Waals surface area contributed by atoms with Gasteiger partial charge in [-0.2, -0.15) is 0 Å². The zero-order chi connectivity index (χ0) is 42.8. The summed E-state index contributed by atoms with van der Waals surface area (Å²) in [6, 6.07) is 82.4. The maximum absolute atomic E-state index is 7.46. The summed E-state index contributed by atoms with van der Waals surface area (Å²) in [7, 11) is 0. The first-order chi connectivity index (χ1) is 31.7. The van der Waals surface area contributed by atoms with Gasteiger partial charge in [-0.15, -0.1) is 0 Å². The second-order valence-corrected chi connectivity index (χ2v) is 15.7. The predicted octanol–water partition coefficient (Wildman–Crippen LogP) is 15.9. The zero-order valence-electron chi connectivity index (χ0n) is 34.8. The Labute approximate surface area is 372 Å². The Kier molecular flexibility index (Phi) is 9.85. The average molecular weight is 818 g/mol. The van der Waals surface area contributed by atoms with Crippen LogP contribution in [0, 0.1) is 6.57 Å². The normalized spacial score (nSPS) is 11.1. The van der Waals surface area contributed by atoms with E-state index in [1.54, 1.807) is 0 Å². The maximum atomic E-state index is 7.46. The second-order valence-electron chi connectivity index (χ2n) is 15.7. The molecule has 5 nitrogen and oxygen atoms in total. The topological polar surface area (TPSA) is 38.3 Å². The highest BCUT2D eigenvalue weighted by Crippen LogP contribution is 2.40. The Bertz CT molecular complexity index is 3390. The van der Waals surface area contributed by atoms with Gasteiger partial charge in [-0.25, -0.2) is 14.8 Å². The van der Waals surface area contributed by atoms with Crippen molar-refractivity contribution in [1.29, 1.82) is 0 Å². The number of hydrogen-bond donors (Lipinski definition) is 0. The van der Waals surface area contributed by atoms with Crippen LogP contribution in [0.5, 0.6) is 0 Å². The van der Waals surface area contributed by atoms with Crippen molar-refractivity contribution in [2.45, 2.75) is 0 Å². The van der Waals surface area contributed by atoms with Gasteiger partial charge in [0.25, 0.3) is 0 Å². The molecule has 0 bridgehead atoms. The highest BCUT2D eigenvalue weighted by atomic mass is 15.1. The van der Waals surface area contributed by atoms with E-state index in [2.05, 4.69) is 184 Å². The molecule has 0 aliphatic heterocycles. The van der Waals surface area contributed by atoms with Crippen LogP contribution in [-0.4, -0.2) is 14.5 Å². The molecule has 0 N–H and O–H groups in total. The Morgan fingerprint density at radius 1 is 0.359 bits per heavy atom. The van der Waals surface area contributed by atoms with Crippen molar-refractivity contribution in [1.82, 2.24) is 14.5 Å². The Balaban J connectivity index is 0.873. The first-order valence-electron chi connectivity index (χ1n) is 21.3. The summed E-state index contributed by atoms with van der Waals surface area (Å²) in [5.41, 5.74) is 16.6. The van der Waals surface area contributed by atoms with Gasteiger partial charge in [-0.05, 0) is 89.0 Å². The number of para-hydroxylation sites is 2. The molecular weight excluding hydrogens is 779 g/mol. The number of aromatic nitrogens is 3. The zero-order valence-corrected chi connectivity index (χ0v) is 34.8. The van der Waals surface area contributed by atoms with Crippen molar-refractivity contribution < 1.29 is 0 Å². The minimum absolute atomic E-state index is 0.622. The molecule has 0 saturated heterocycles. The highest BCUT2D eigenvalue weighted by Gasteiger charge is 2.18. The molecular formula is C59H39N5. The number of anilines is 3. The molecule has 11 rings (SSSR count). The fourth-order valence-corrected chi connectivity index (χ4v) is 8.64. The molecule has 0 fully saturated rings. The Morgan fingerprint density at radius 2 is 0.812 bits per heavy atom. The van der Waals surface area contributed by atoms with E-state index in [-0.39, 0.29) is 0 Å². The van der Waals surface area contributed by atoms with Crippen LogP contribution in [0.2, 0.25) is 0 Å². The molecule has 2 aromatic heterocycles. The summed E-state index contributed by atoms with van der Waals surface area (Å²) >= 11 is 0. The molecule has 0 atom stereocenters. The van der Waals surface area contributed by atoms with Crippen LogP contribution in [0.3, 0.4) is 0 Å². The van der Waals surface area contributed by atoms with Crippen LogP contribution in [0.15, 0.2) is 237 Å². The summed E-state index contributed by atoms with van der Waals surface area (Å²) in [4.78, 5) is 15.8. The Morgan fingerprint density at radius 3 is 1.41 bits per heavy atom. The molecule has 0 radical (unpaired) electrons. The van der Waals surface area contributed by atoms with Gasteiger partial charge in [0, 0.05) is 50.2 Å². The third kappa shape index (κ3) is 7.26. The van der Waals surface area contributed by atoms with Crippen LogP contribution in [-0.2, 0) is 0 Å². The number of nitrogens with zero attached hydrogens (tertiary/aromatic N) is 5. The summed E-state index contributed by atoms with van der Waals surface area (Å²) in [6.07, 6.45) is 0. The SMILES string of the molecule is [C-]#[N+]c1ccc(N(c2ccccc2)c2ccc3c(c2)c2ccccc2n3-c2ccc(-c3ccc(-c4ccc(-c5cc(-c6ccccc6)nc(-c6ccccc6)n5)cc4)cc3)cc2)cc1. The molecule has 0 unspecified atom stereocenters. The second kappa shape index (κ2) is 16.5. The molecule has 2 heterocycles. The van der Waals surface area contributed by atoms with Crippen LogP contribution in [0.4, 0.5) is 22.7 Å². The van der Waals surface area contributed by atoms with Crippen LogP contribution in [0.1, 0.15) is 0 Å². The number of fused-ring (bicyclic) bond motifs is 3. The molecule has 11 aromatic rings. The van der Waals surface area contributed by atoms with Crippen LogP contribution >= 0.6 is 0 Å². The minimum atomic E-state index is 0.622. The summed E-state index contributed by atoms with van der Waals surface area (Å²) in [5.74, 6) is 0.710. The van der Waals surface area contributed by atoms with E-state index < -0.39 is 0 Å². The fraction of sp³-hybridized carbons (Fsp3) is 0. The monoisotopic (exact) mass is 817 g/mol. The van der Waals surface area contributed by atoms with Gasteiger partial charge in [0.1, 0.15) is 0 Å². The molecule has 0 amide bonds. The summed E-state index contributed by atoms with van der Waals surface area (Å²) in [6.45, 7) is 7.46. The van der Waals surface area contributed by atoms with Gasteiger partial charge in [0.2, 0.25) is 0 Å². The van der Waals surface area contributed by atoms with Crippen LogP contribution in [0.25, 0.3) is 88.5 Å². The van der Waals surface area contributed by atoms with E-state index in [1.807, 2.05) is 66.7 Å². The number of rotatable bonds is 9. The van der Waals surface area contributed by atoms with Crippen molar-refractivity contribution in [2.24, 2.45) is 0 Å². The van der Waals surface area contributed by atoms with Gasteiger partial charge in [0.05, 0.1) is 29.0 Å². The third-order valence-corrected chi connectivity index (χ3v) is 11.9. The lowest BCUT2D eigenvalue weighted by molar-refractivity contribution is 1.18. The van der Waals surface area contributed by atoms with Gasteiger partial charge >= 0.3 is 0 Å². The number of benzene rings is 9. The van der Waals surface area contributed by atoms with Crippen molar-refractivity contribution in [3.05, 3.63) is 248 Å². The number of hydrogen-bond acceptors (Lipinski definition) is 3. The molecule has 0 spiro atoms. The van der Waals surface area contributed by atoms with E-state index in [0.29, 0.717) is 11.5 Å². The van der Waals surface area contributed by atoms with Crippen molar-refractivity contribution in [3.63, 3.8) is 0 Å². The van der Waals surface area contributed by atoms with E-state index in [1.165, 1.54) is 10.8 Å². The summed E-state index contributed by atoms with van der Waals surface area (Å²) < 4.78 is 2.36. The van der Waals surface area contributed by atoms with Crippen molar-refractivity contribution in [2.75, 3.05) is 4.90 Å². The van der Waals surface area contributed by atoms with Crippen molar-refractivity contribution >= 4 is 44.6 Å². The van der Waals surface area contributed by atoms with E-state index in [0.717, 1.165) is 84.1 Å². The maximum Gasteiger partial charge on any atom is 0.187 e.